The number of benzene rings is 1. The number of carbonyl (C=O) groups is 1. The quantitative estimate of drug-likeness (QED) is 0.688. The summed E-state index contributed by atoms with van der Waals surface area (Å²) in [6, 6.07) is 10.1. The van der Waals surface area contributed by atoms with E-state index < -0.39 is 0 Å². The van der Waals surface area contributed by atoms with Crippen LogP contribution < -0.4 is 4.90 Å². The van der Waals surface area contributed by atoms with Gasteiger partial charge in [0.1, 0.15) is 11.6 Å². The number of nitrogens with zero attached hydrogens (tertiary/aromatic N) is 6. The van der Waals surface area contributed by atoms with E-state index in [2.05, 4.69) is 10.00 Å². The van der Waals surface area contributed by atoms with Crippen molar-refractivity contribution in [1.82, 2.24) is 24.6 Å². The number of rotatable bonds is 4. The highest BCUT2D eigenvalue weighted by atomic mass is 16.2. The van der Waals surface area contributed by atoms with Gasteiger partial charge in [0.05, 0.1) is 17.3 Å². The molecule has 29 heavy (non-hydrogen) atoms. The first kappa shape index (κ1) is 16.9. The van der Waals surface area contributed by atoms with Gasteiger partial charge in [-0.1, -0.05) is 18.2 Å². The highest BCUT2D eigenvalue weighted by Gasteiger charge is 2.35. The van der Waals surface area contributed by atoms with Crippen molar-refractivity contribution in [1.29, 1.82) is 0 Å². The van der Waals surface area contributed by atoms with Gasteiger partial charge in [-0.15, -0.1) is 0 Å². The van der Waals surface area contributed by atoms with Crippen LogP contribution in [0.1, 0.15) is 37.4 Å². The smallest absolute Gasteiger partial charge is 0.225 e. The minimum Gasteiger partial charge on any atom is -0.352 e. The summed E-state index contributed by atoms with van der Waals surface area (Å²) in [5, 5.41) is 5.63. The summed E-state index contributed by atoms with van der Waals surface area (Å²) in [6.45, 7) is 3.16. The minimum absolute atomic E-state index is 0.290. The van der Waals surface area contributed by atoms with E-state index in [1.54, 1.807) is 0 Å². The minimum atomic E-state index is 0.290. The summed E-state index contributed by atoms with van der Waals surface area (Å²) in [5.41, 5.74) is 1.88. The van der Waals surface area contributed by atoms with Crippen molar-refractivity contribution in [3.05, 3.63) is 42.4 Å². The zero-order valence-electron chi connectivity index (χ0n) is 16.4. The first-order chi connectivity index (χ1) is 14.3. The number of hydrogen-bond donors (Lipinski definition) is 0. The number of fused-ring (bicyclic) bond motifs is 1. The van der Waals surface area contributed by atoms with Crippen LogP contribution >= 0.6 is 0 Å². The number of carbonyl (C=O) groups excluding carboxylic acids is 1. The Hall–Kier alpha value is -2.96. The lowest BCUT2D eigenvalue weighted by Crippen LogP contribution is -2.49. The number of amides is 1. The largest absolute Gasteiger partial charge is 0.352 e. The van der Waals surface area contributed by atoms with E-state index in [1.807, 2.05) is 46.1 Å². The monoisotopic (exact) mass is 388 g/mol. The molecule has 0 atom stereocenters. The second-order valence-corrected chi connectivity index (χ2v) is 8.40. The molecule has 7 nitrogen and oxygen atoms in total. The molecule has 3 aromatic rings. The molecule has 2 saturated carbocycles. The lowest BCUT2D eigenvalue weighted by Gasteiger charge is -2.35. The van der Waals surface area contributed by atoms with E-state index in [4.69, 9.17) is 9.97 Å². The Morgan fingerprint density at radius 2 is 1.69 bits per heavy atom. The third kappa shape index (κ3) is 3.05. The molecule has 1 aromatic carbocycles. The zero-order valence-corrected chi connectivity index (χ0v) is 16.4. The Morgan fingerprint density at radius 1 is 0.931 bits per heavy atom. The summed E-state index contributed by atoms with van der Waals surface area (Å²) in [6.07, 6.45) is 6.34. The van der Waals surface area contributed by atoms with Crippen LogP contribution in [0.15, 0.2) is 36.5 Å². The maximum atomic E-state index is 12.4. The first-order valence-electron chi connectivity index (χ1n) is 10.6. The molecule has 3 fully saturated rings. The third-order valence-corrected chi connectivity index (χ3v) is 6.19. The van der Waals surface area contributed by atoms with Gasteiger partial charge in [0.15, 0.2) is 5.65 Å². The Balaban J connectivity index is 1.36. The molecular weight excluding hydrogens is 364 g/mol. The van der Waals surface area contributed by atoms with E-state index >= 15 is 0 Å². The second-order valence-electron chi connectivity index (χ2n) is 8.40. The number of hydrogen-bond acceptors (Lipinski definition) is 5. The standard InChI is InChI=1S/C22H24N6O/c29-22(16-8-9-16)27-12-10-26(11-13-27)20-18-14-23-28(17-4-2-1-3-5-17)21(18)25-19(24-20)15-6-7-15/h1-5,14-16H,6-13H2. The van der Waals surface area contributed by atoms with Crippen molar-refractivity contribution in [2.45, 2.75) is 31.6 Å². The fraction of sp³-hybridized carbons (Fsp3) is 0.455. The number of aromatic nitrogens is 4. The van der Waals surface area contributed by atoms with Crippen molar-refractivity contribution in [2.75, 3.05) is 31.1 Å². The van der Waals surface area contributed by atoms with Gasteiger partial charge in [-0.2, -0.15) is 5.10 Å². The predicted octanol–water partition coefficient (Wildman–Crippen LogP) is 2.75. The van der Waals surface area contributed by atoms with Crippen LogP contribution in [0, 0.1) is 5.92 Å². The molecule has 1 saturated heterocycles. The molecule has 2 aliphatic carbocycles. The summed E-state index contributed by atoms with van der Waals surface area (Å²) < 4.78 is 1.92. The van der Waals surface area contributed by atoms with E-state index in [9.17, 15) is 4.79 Å². The maximum absolute atomic E-state index is 12.4. The molecule has 1 aliphatic heterocycles. The predicted molar refractivity (Wildman–Crippen MR) is 110 cm³/mol. The van der Waals surface area contributed by atoms with Crippen LogP contribution in [-0.2, 0) is 4.79 Å². The van der Waals surface area contributed by atoms with Crippen LogP contribution in [0.25, 0.3) is 16.7 Å². The SMILES string of the molecule is O=C(C1CC1)N1CCN(c2nc(C3CC3)nc3c2cnn3-c2ccccc2)CC1. The fourth-order valence-corrected chi connectivity index (χ4v) is 4.16. The average Bonchev–Trinajstić information content (AvgIpc) is 3.70. The third-order valence-electron chi connectivity index (χ3n) is 6.19. The van der Waals surface area contributed by atoms with Crippen LogP contribution in [0.3, 0.4) is 0 Å². The van der Waals surface area contributed by atoms with Gasteiger partial charge in [0.2, 0.25) is 5.91 Å². The maximum Gasteiger partial charge on any atom is 0.225 e. The van der Waals surface area contributed by atoms with Crippen molar-refractivity contribution in [2.24, 2.45) is 5.92 Å². The van der Waals surface area contributed by atoms with E-state index in [0.717, 1.165) is 80.2 Å². The van der Waals surface area contributed by atoms with E-state index in [-0.39, 0.29) is 5.92 Å². The van der Waals surface area contributed by atoms with Gasteiger partial charge >= 0.3 is 0 Å². The molecular formula is C22H24N6O. The van der Waals surface area contributed by atoms with Gasteiger partial charge in [0.25, 0.3) is 0 Å². The molecule has 1 amide bonds. The number of para-hydroxylation sites is 1. The topological polar surface area (TPSA) is 67.2 Å². The van der Waals surface area contributed by atoms with Crippen LogP contribution in [-0.4, -0.2) is 56.7 Å². The summed E-state index contributed by atoms with van der Waals surface area (Å²) >= 11 is 0. The molecule has 2 aromatic heterocycles. The summed E-state index contributed by atoms with van der Waals surface area (Å²) in [5.74, 6) is 3.00. The van der Waals surface area contributed by atoms with Gasteiger partial charge in [-0.3, -0.25) is 4.79 Å². The molecule has 0 radical (unpaired) electrons. The van der Waals surface area contributed by atoms with Crippen LogP contribution in [0.2, 0.25) is 0 Å². The molecule has 7 heteroatoms. The normalized spacial score (nSPS) is 19.7. The fourth-order valence-electron chi connectivity index (χ4n) is 4.16. The Labute approximate surface area is 169 Å². The second kappa shape index (κ2) is 6.54. The molecule has 148 valence electrons. The van der Waals surface area contributed by atoms with Crippen molar-refractivity contribution in [3.8, 4) is 5.69 Å². The Morgan fingerprint density at radius 3 is 2.38 bits per heavy atom. The van der Waals surface area contributed by atoms with Crippen molar-refractivity contribution < 1.29 is 4.79 Å². The lowest BCUT2D eigenvalue weighted by molar-refractivity contribution is -0.132. The molecule has 0 N–H and O–H groups in total. The Bertz CT molecular complexity index is 1060. The summed E-state index contributed by atoms with van der Waals surface area (Å²) in [4.78, 5) is 26.6. The van der Waals surface area contributed by atoms with Gasteiger partial charge in [-0.25, -0.2) is 14.6 Å². The molecule has 0 bridgehead atoms. The van der Waals surface area contributed by atoms with Crippen LogP contribution in [0.5, 0.6) is 0 Å². The van der Waals surface area contributed by atoms with Crippen LogP contribution in [0.4, 0.5) is 5.82 Å². The highest BCUT2D eigenvalue weighted by molar-refractivity contribution is 5.88. The van der Waals surface area contributed by atoms with Gasteiger partial charge < -0.3 is 9.80 Å². The number of anilines is 1. The average molecular weight is 388 g/mol. The van der Waals surface area contributed by atoms with E-state index in [1.165, 1.54) is 0 Å². The van der Waals surface area contributed by atoms with Gasteiger partial charge in [-0.05, 0) is 37.8 Å². The van der Waals surface area contributed by atoms with E-state index in [0.29, 0.717) is 11.8 Å². The van der Waals surface area contributed by atoms with Gasteiger partial charge in [0, 0.05) is 38.0 Å². The highest BCUT2D eigenvalue weighted by Crippen LogP contribution is 2.40. The Kier molecular flexibility index (Phi) is 3.82. The number of piperazine rings is 1. The van der Waals surface area contributed by atoms with Crippen molar-refractivity contribution in [3.63, 3.8) is 0 Å². The molecule has 0 unspecified atom stereocenters. The summed E-state index contributed by atoms with van der Waals surface area (Å²) in [7, 11) is 0. The molecule has 6 rings (SSSR count). The van der Waals surface area contributed by atoms with Crippen molar-refractivity contribution >= 4 is 22.8 Å². The molecule has 3 heterocycles. The first-order valence-corrected chi connectivity index (χ1v) is 10.6. The lowest BCUT2D eigenvalue weighted by atomic mass is 10.2. The molecule has 3 aliphatic rings. The zero-order chi connectivity index (χ0) is 19.4. The molecule has 0 spiro atoms.